The molecule has 0 saturated heterocycles. The lowest BCUT2D eigenvalue weighted by atomic mass is 10.1. The zero-order valence-electron chi connectivity index (χ0n) is 13.5. The standard InChI is InChI=1S/C15H15F3N4O4/c1-7-2-3-11(21-20-7)19-14-9(4-10(16)12(17)13(14)18)15(25)22-26-6-8(24)5-23/h2-4,8,23-24H,5-6H2,1H3,(H,19,21)(H,22,25). The van der Waals surface area contributed by atoms with Gasteiger partial charge in [0.05, 0.1) is 23.6 Å². The lowest BCUT2D eigenvalue weighted by Crippen LogP contribution is -2.30. The van der Waals surface area contributed by atoms with Crippen LogP contribution in [0.3, 0.4) is 0 Å². The van der Waals surface area contributed by atoms with Gasteiger partial charge in [-0.25, -0.2) is 18.7 Å². The van der Waals surface area contributed by atoms with Gasteiger partial charge in [-0.2, -0.15) is 5.10 Å². The maximum absolute atomic E-state index is 14.1. The Bertz CT molecular complexity index is 789. The molecule has 0 saturated carbocycles. The van der Waals surface area contributed by atoms with E-state index in [1.807, 2.05) is 5.48 Å². The topological polar surface area (TPSA) is 117 Å². The normalized spacial score (nSPS) is 11.9. The number of aryl methyl sites for hydroxylation is 1. The first-order chi connectivity index (χ1) is 12.3. The van der Waals surface area contributed by atoms with E-state index in [4.69, 9.17) is 10.2 Å². The molecular weight excluding hydrogens is 357 g/mol. The zero-order chi connectivity index (χ0) is 19.3. The Kier molecular flexibility index (Phi) is 6.44. The monoisotopic (exact) mass is 372 g/mol. The van der Waals surface area contributed by atoms with Gasteiger partial charge in [0.25, 0.3) is 5.91 Å². The summed E-state index contributed by atoms with van der Waals surface area (Å²) in [7, 11) is 0. The van der Waals surface area contributed by atoms with Crippen LogP contribution in [0.2, 0.25) is 0 Å². The Morgan fingerprint density at radius 1 is 1.27 bits per heavy atom. The first kappa shape index (κ1) is 19.6. The highest BCUT2D eigenvalue weighted by molar-refractivity contribution is 5.99. The Morgan fingerprint density at radius 3 is 2.62 bits per heavy atom. The highest BCUT2D eigenvalue weighted by atomic mass is 19.2. The van der Waals surface area contributed by atoms with Gasteiger partial charge >= 0.3 is 0 Å². The van der Waals surface area contributed by atoms with Crippen LogP contribution in [-0.2, 0) is 4.84 Å². The summed E-state index contributed by atoms with van der Waals surface area (Å²) in [6.07, 6.45) is -1.27. The number of aromatic nitrogens is 2. The average Bonchev–Trinajstić information content (AvgIpc) is 2.63. The van der Waals surface area contributed by atoms with Crippen molar-refractivity contribution >= 4 is 17.4 Å². The van der Waals surface area contributed by atoms with Crippen molar-refractivity contribution in [1.82, 2.24) is 15.7 Å². The minimum absolute atomic E-state index is 0.00817. The van der Waals surface area contributed by atoms with Gasteiger partial charge in [-0.3, -0.25) is 9.63 Å². The van der Waals surface area contributed by atoms with E-state index in [0.29, 0.717) is 11.8 Å². The van der Waals surface area contributed by atoms with Crippen LogP contribution in [0.25, 0.3) is 0 Å². The molecule has 1 amide bonds. The van der Waals surface area contributed by atoms with E-state index >= 15 is 0 Å². The molecular formula is C15H15F3N4O4. The molecule has 0 bridgehead atoms. The molecule has 2 aromatic rings. The van der Waals surface area contributed by atoms with E-state index in [2.05, 4.69) is 20.4 Å². The number of aliphatic hydroxyl groups is 2. The molecule has 8 nitrogen and oxygen atoms in total. The minimum atomic E-state index is -1.78. The number of benzene rings is 1. The number of anilines is 2. The van der Waals surface area contributed by atoms with Crippen LogP contribution in [0.15, 0.2) is 18.2 Å². The van der Waals surface area contributed by atoms with Crippen molar-refractivity contribution in [2.45, 2.75) is 13.0 Å². The lowest BCUT2D eigenvalue weighted by molar-refractivity contribution is -0.0295. The smallest absolute Gasteiger partial charge is 0.277 e. The van der Waals surface area contributed by atoms with Gasteiger partial charge < -0.3 is 15.5 Å². The second-order valence-corrected chi connectivity index (χ2v) is 5.17. The predicted molar refractivity (Wildman–Crippen MR) is 82.9 cm³/mol. The number of hydroxylamine groups is 1. The van der Waals surface area contributed by atoms with Crippen LogP contribution >= 0.6 is 0 Å². The summed E-state index contributed by atoms with van der Waals surface area (Å²) in [5.74, 6) is -6.11. The second-order valence-electron chi connectivity index (χ2n) is 5.17. The first-order valence-corrected chi connectivity index (χ1v) is 7.29. The van der Waals surface area contributed by atoms with E-state index in [9.17, 15) is 18.0 Å². The Morgan fingerprint density at radius 2 is 2.00 bits per heavy atom. The number of hydrogen-bond acceptors (Lipinski definition) is 7. The fourth-order valence-electron chi connectivity index (χ4n) is 1.80. The van der Waals surface area contributed by atoms with Crippen molar-refractivity contribution in [3.05, 3.63) is 46.9 Å². The van der Waals surface area contributed by atoms with E-state index in [1.165, 1.54) is 12.1 Å². The Hall–Kier alpha value is -2.76. The quantitative estimate of drug-likeness (QED) is 0.423. The summed E-state index contributed by atoms with van der Waals surface area (Å²) in [5, 5.41) is 27.5. The molecule has 140 valence electrons. The van der Waals surface area contributed by atoms with Crippen LogP contribution in [0.4, 0.5) is 24.7 Å². The number of rotatable bonds is 7. The molecule has 1 aromatic carbocycles. The first-order valence-electron chi connectivity index (χ1n) is 7.29. The van der Waals surface area contributed by atoms with E-state index in [0.717, 1.165) is 0 Å². The number of hydrogen-bond donors (Lipinski definition) is 4. The van der Waals surface area contributed by atoms with Crippen molar-refractivity contribution in [1.29, 1.82) is 0 Å². The fourth-order valence-corrected chi connectivity index (χ4v) is 1.80. The maximum atomic E-state index is 14.1. The summed E-state index contributed by atoms with van der Waals surface area (Å²) in [6.45, 7) is 0.571. The van der Waals surface area contributed by atoms with Gasteiger partial charge in [-0.05, 0) is 25.1 Å². The highest BCUT2D eigenvalue weighted by Crippen LogP contribution is 2.27. The average molecular weight is 372 g/mol. The molecule has 0 aliphatic heterocycles. The van der Waals surface area contributed by atoms with Gasteiger partial charge in [-0.15, -0.1) is 5.10 Å². The van der Waals surface area contributed by atoms with Crippen LogP contribution in [0.5, 0.6) is 0 Å². The lowest BCUT2D eigenvalue weighted by Gasteiger charge is -2.14. The van der Waals surface area contributed by atoms with E-state index in [-0.39, 0.29) is 5.82 Å². The second kappa shape index (κ2) is 8.56. The number of carbonyl (C=O) groups is 1. The van der Waals surface area contributed by atoms with Gasteiger partial charge in [0.15, 0.2) is 23.3 Å². The Balaban J connectivity index is 2.29. The molecule has 1 unspecified atom stereocenters. The third-order valence-electron chi connectivity index (χ3n) is 3.11. The molecule has 0 aliphatic rings. The van der Waals surface area contributed by atoms with Crippen molar-refractivity contribution < 1.29 is 33.0 Å². The van der Waals surface area contributed by atoms with Crippen molar-refractivity contribution in [2.24, 2.45) is 0 Å². The maximum Gasteiger partial charge on any atom is 0.277 e. The molecule has 1 heterocycles. The van der Waals surface area contributed by atoms with Crippen LogP contribution < -0.4 is 10.8 Å². The molecule has 0 spiro atoms. The number of amides is 1. The highest BCUT2D eigenvalue weighted by Gasteiger charge is 2.23. The Labute approximate surface area is 145 Å². The van der Waals surface area contributed by atoms with E-state index in [1.54, 1.807) is 6.92 Å². The third kappa shape index (κ3) is 4.65. The molecule has 0 fully saturated rings. The SMILES string of the molecule is Cc1ccc(Nc2c(C(=O)NOCC(O)CO)cc(F)c(F)c2F)nn1. The molecule has 0 radical (unpaired) electrons. The number of nitrogens with zero attached hydrogens (tertiary/aromatic N) is 2. The molecule has 4 N–H and O–H groups in total. The summed E-state index contributed by atoms with van der Waals surface area (Å²) < 4.78 is 41.2. The molecule has 2 rings (SSSR count). The third-order valence-corrected chi connectivity index (χ3v) is 3.11. The summed E-state index contributed by atoms with van der Waals surface area (Å²) in [6, 6.07) is 3.41. The van der Waals surface area contributed by atoms with Gasteiger partial charge in [0.2, 0.25) is 0 Å². The van der Waals surface area contributed by atoms with Gasteiger partial charge in [0, 0.05) is 0 Å². The summed E-state index contributed by atoms with van der Waals surface area (Å²) in [5.41, 5.74) is 1.11. The number of nitrogens with one attached hydrogen (secondary N) is 2. The van der Waals surface area contributed by atoms with Crippen molar-refractivity contribution in [2.75, 3.05) is 18.5 Å². The number of halogens is 3. The zero-order valence-corrected chi connectivity index (χ0v) is 13.5. The minimum Gasteiger partial charge on any atom is -0.394 e. The molecule has 1 atom stereocenters. The van der Waals surface area contributed by atoms with Gasteiger partial charge in [0.1, 0.15) is 12.7 Å². The number of carbonyl (C=O) groups excluding carboxylic acids is 1. The van der Waals surface area contributed by atoms with Crippen LogP contribution in [0.1, 0.15) is 16.1 Å². The summed E-state index contributed by atoms with van der Waals surface area (Å²) >= 11 is 0. The molecule has 0 aliphatic carbocycles. The van der Waals surface area contributed by atoms with Crippen molar-refractivity contribution in [3.8, 4) is 0 Å². The van der Waals surface area contributed by atoms with Crippen LogP contribution in [-0.4, -0.2) is 45.6 Å². The largest absolute Gasteiger partial charge is 0.394 e. The number of aliphatic hydroxyl groups excluding tert-OH is 2. The molecule has 26 heavy (non-hydrogen) atoms. The molecule has 11 heteroatoms. The fraction of sp³-hybridized carbons (Fsp3) is 0.267. The van der Waals surface area contributed by atoms with E-state index < -0.39 is 53.9 Å². The van der Waals surface area contributed by atoms with Crippen LogP contribution in [0, 0.1) is 24.4 Å². The summed E-state index contributed by atoms with van der Waals surface area (Å²) in [4.78, 5) is 16.7. The predicted octanol–water partition coefficient (Wildman–Crippen LogP) is 0.961. The van der Waals surface area contributed by atoms with Crippen molar-refractivity contribution in [3.63, 3.8) is 0 Å². The van der Waals surface area contributed by atoms with Gasteiger partial charge in [-0.1, -0.05) is 0 Å². The molecule has 1 aromatic heterocycles.